The molecule has 0 saturated carbocycles. The van der Waals surface area contributed by atoms with Gasteiger partial charge < -0.3 is 4.90 Å². The van der Waals surface area contributed by atoms with Gasteiger partial charge in [-0.2, -0.15) is 0 Å². The summed E-state index contributed by atoms with van der Waals surface area (Å²) in [4.78, 5) is 12.8. The van der Waals surface area contributed by atoms with Gasteiger partial charge in [0, 0.05) is 6.54 Å². The van der Waals surface area contributed by atoms with Gasteiger partial charge in [-0.1, -0.05) is 0 Å². The number of nitrogens with zero attached hydrogens (tertiary/aromatic N) is 1. The van der Waals surface area contributed by atoms with Crippen LogP contribution in [-0.2, 0) is 4.79 Å². The minimum Gasteiger partial charge on any atom is -0.326 e. The molecule has 2 aliphatic rings. The van der Waals surface area contributed by atoms with E-state index in [1.54, 1.807) is 11.8 Å². The molecule has 2 heterocycles. The van der Waals surface area contributed by atoms with E-state index in [-0.39, 0.29) is 0 Å². The Kier molecular flexibility index (Phi) is 1.27. The first kappa shape index (κ1) is 6.28. The summed E-state index contributed by atoms with van der Waals surface area (Å²) in [7, 11) is 0. The Hall–Kier alpha value is -0.440. The van der Waals surface area contributed by atoms with E-state index in [9.17, 15) is 4.79 Å². The highest BCUT2D eigenvalue weighted by Gasteiger charge is 2.37. The molecule has 0 aromatic carbocycles. The quantitative estimate of drug-likeness (QED) is 0.490. The molecule has 0 radical (unpaired) electrons. The van der Waals surface area contributed by atoms with Gasteiger partial charge in [0.1, 0.15) is 0 Å². The van der Waals surface area contributed by atoms with Crippen molar-refractivity contribution in [1.82, 2.24) is 4.90 Å². The molecule has 0 spiro atoms. The van der Waals surface area contributed by atoms with Crippen LogP contribution in [0, 0.1) is 0 Å². The second-order valence-corrected chi connectivity index (χ2v) is 3.83. The molecule has 3 heteroatoms. The Morgan fingerprint density at radius 3 is 3.20 bits per heavy atom. The van der Waals surface area contributed by atoms with Crippen LogP contribution in [-0.4, -0.2) is 22.7 Å². The van der Waals surface area contributed by atoms with Gasteiger partial charge in [-0.25, -0.2) is 0 Å². The molecular weight excluding hydrogens is 146 g/mol. The smallest absolute Gasteiger partial charge is 0.226 e. The van der Waals surface area contributed by atoms with Crippen molar-refractivity contribution in [2.75, 3.05) is 6.54 Å². The van der Waals surface area contributed by atoms with Crippen molar-refractivity contribution < 1.29 is 4.79 Å². The summed E-state index contributed by atoms with van der Waals surface area (Å²) in [5, 5.41) is 2.63. The van der Waals surface area contributed by atoms with Crippen LogP contribution < -0.4 is 0 Å². The number of β-lactam (4-membered cyclic amide) rings is 1. The predicted molar refractivity (Wildman–Crippen MR) is 41.5 cm³/mol. The van der Waals surface area contributed by atoms with E-state index in [2.05, 4.69) is 12.3 Å². The van der Waals surface area contributed by atoms with E-state index >= 15 is 0 Å². The average molecular weight is 155 g/mol. The van der Waals surface area contributed by atoms with Gasteiger partial charge in [0.2, 0.25) is 5.91 Å². The van der Waals surface area contributed by atoms with Gasteiger partial charge in [-0.15, -0.1) is 11.8 Å². The second-order valence-electron chi connectivity index (χ2n) is 2.78. The topological polar surface area (TPSA) is 20.3 Å². The molecule has 0 aromatic heterocycles. The molecule has 0 aromatic rings. The van der Waals surface area contributed by atoms with Crippen molar-refractivity contribution in [2.45, 2.75) is 18.7 Å². The molecule has 0 bridgehead atoms. The van der Waals surface area contributed by atoms with Gasteiger partial charge in [0.05, 0.1) is 11.8 Å². The Labute approximate surface area is 64.3 Å². The van der Waals surface area contributed by atoms with E-state index in [0.717, 1.165) is 13.0 Å². The summed E-state index contributed by atoms with van der Waals surface area (Å²) in [5.74, 6) is 0.310. The number of hydrogen-bond donors (Lipinski definition) is 0. The maximum absolute atomic E-state index is 10.9. The number of rotatable bonds is 0. The Morgan fingerprint density at radius 1 is 1.80 bits per heavy atom. The summed E-state index contributed by atoms with van der Waals surface area (Å²) in [6.45, 7) is 2.92. The van der Waals surface area contributed by atoms with Crippen LogP contribution in [0.25, 0.3) is 0 Å². The average Bonchev–Trinajstić information content (AvgIpc) is 1.92. The van der Waals surface area contributed by atoms with Crippen LogP contribution in [0.5, 0.6) is 0 Å². The first-order valence-corrected chi connectivity index (χ1v) is 4.32. The van der Waals surface area contributed by atoms with Gasteiger partial charge in [-0.05, 0) is 17.9 Å². The highest BCUT2D eigenvalue weighted by molar-refractivity contribution is 8.02. The minimum atomic E-state index is 0.310. The van der Waals surface area contributed by atoms with Crippen molar-refractivity contribution >= 4 is 17.7 Å². The SMILES string of the molecule is CC1=CSC2CC(=O)N2C1. The van der Waals surface area contributed by atoms with Crippen molar-refractivity contribution in [3.8, 4) is 0 Å². The molecule has 1 saturated heterocycles. The van der Waals surface area contributed by atoms with Crippen LogP contribution in [0.2, 0.25) is 0 Å². The van der Waals surface area contributed by atoms with Crippen molar-refractivity contribution in [2.24, 2.45) is 0 Å². The van der Waals surface area contributed by atoms with Crippen molar-refractivity contribution in [3.63, 3.8) is 0 Å². The number of amides is 1. The number of carbonyl (C=O) groups excluding carboxylic acids is 1. The second kappa shape index (κ2) is 2.02. The maximum atomic E-state index is 10.9. The lowest BCUT2D eigenvalue weighted by Crippen LogP contribution is -2.52. The molecule has 1 amide bonds. The molecule has 2 nitrogen and oxygen atoms in total. The Bertz CT molecular complexity index is 212. The third-order valence-corrected chi connectivity index (χ3v) is 3.14. The zero-order valence-electron chi connectivity index (χ0n) is 5.83. The monoisotopic (exact) mass is 155 g/mol. The number of carbonyl (C=O) groups is 1. The Balaban J connectivity index is 2.13. The summed E-state index contributed by atoms with van der Waals surface area (Å²) >= 11 is 1.77. The fraction of sp³-hybridized carbons (Fsp3) is 0.571. The first-order chi connectivity index (χ1) is 4.77. The highest BCUT2D eigenvalue weighted by atomic mass is 32.2. The molecule has 1 fully saturated rings. The van der Waals surface area contributed by atoms with Crippen LogP contribution in [0.4, 0.5) is 0 Å². The number of hydrogen-bond acceptors (Lipinski definition) is 2. The number of fused-ring (bicyclic) bond motifs is 1. The summed E-state index contributed by atoms with van der Waals surface area (Å²) in [6.07, 6.45) is 0.744. The van der Waals surface area contributed by atoms with Crippen molar-refractivity contribution in [3.05, 3.63) is 11.0 Å². The highest BCUT2D eigenvalue weighted by Crippen LogP contribution is 2.35. The summed E-state index contributed by atoms with van der Waals surface area (Å²) < 4.78 is 0. The van der Waals surface area contributed by atoms with Gasteiger partial charge in [0.15, 0.2) is 0 Å². The fourth-order valence-corrected chi connectivity index (χ4v) is 2.28. The molecule has 0 N–H and O–H groups in total. The zero-order valence-corrected chi connectivity index (χ0v) is 6.65. The van der Waals surface area contributed by atoms with Gasteiger partial charge in [-0.3, -0.25) is 4.79 Å². The zero-order chi connectivity index (χ0) is 7.14. The van der Waals surface area contributed by atoms with Crippen molar-refractivity contribution in [1.29, 1.82) is 0 Å². The lowest BCUT2D eigenvalue weighted by molar-refractivity contribution is -0.140. The lowest BCUT2D eigenvalue weighted by atomic mass is 10.1. The van der Waals surface area contributed by atoms with Crippen LogP contribution in [0.1, 0.15) is 13.3 Å². The Morgan fingerprint density at radius 2 is 2.60 bits per heavy atom. The lowest BCUT2D eigenvalue weighted by Gasteiger charge is -2.42. The van der Waals surface area contributed by atoms with E-state index < -0.39 is 0 Å². The molecule has 0 aliphatic carbocycles. The molecule has 1 atom stereocenters. The van der Waals surface area contributed by atoms with E-state index in [4.69, 9.17) is 0 Å². The normalized spacial score (nSPS) is 30.9. The third-order valence-electron chi connectivity index (χ3n) is 1.86. The minimum absolute atomic E-state index is 0.310. The van der Waals surface area contributed by atoms with E-state index in [1.807, 2.05) is 4.90 Å². The summed E-state index contributed by atoms with van der Waals surface area (Å²) in [5.41, 5.74) is 1.30. The first-order valence-electron chi connectivity index (χ1n) is 3.38. The van der Waals surface area contributed by atoms with E-state index in [0.29, 0.717) is 11.3 Å². The molecule has 2 rings (SSSR count). The standard InChI is InChI=1S/C7H9NOS/c1-5-3-8-6(9)2-7(8)10-4-5/h4,7H,2-3H2,1H3. The maximum Gasteiger partial charge on any atom is 0.226 e. The molecule has 1 unspecified atom stereocenters. The van der Waals surface area contributed by atoms with Crippen LogP contribution in [0.15, 0.2) is 11.0 Å². The predicted octanol–water partition coefficient (Wildman–Crippen LogP) is 1.20. The molecular formula is C7H9NOS. The van der Waals surface area contributed by atoms with E-state index in [1.165, 1.54) is 5.57 Å². The number of thioether (sulfide) groups is 1. The third kappa shape index (κ3) is 0.770. The molecule has 2 aliphatic heterocycles. The van der Waals surface area contributed by atoms with Gasteiger partial charge >= 0.3 is 0 Å². The molecule has 54 valence electrons. The summed E-state index contributed by atoms with van der Waals surface area (Å²) in [6, 6.07) is 0. The van der Waals surface area contributed by atoms with Crippen LogP contribution in [0.3, 0.4) is 0 Å². The fourth-order valence-electron chi connectivity index (χ4n) is 1.24. The molecule has 10 heavy (non-hydrogen) atoms. The van der Waals surface area contributed by atoms with Crippen LogP contribution >= 0.6 is 11.8 Å². The van der Waals surface area contributed by atoms with Gasteiger partial charge in [0.25, 0.3) is 0 Å². The largest absolute Gasteiger partial charge is 0.326 e.